The van der Waals surface area contributed by atoms with E-state index in [2.05, 4.69) is 10.6 Å². The summed E-state index contributed by atoms with van der Waals surface area (Å²) in [6.07, 6.45) is 0. The van der Waals surface area contributed by atoms with E-state index in [1.165, 1.54) is 6.07 Å². The first-order valence-corrected chi connectivity index (χ1v) is 7.78. The quantitative estimate of drug-likeness (QED) is 0.598. The van der Waals surface area contributed by atoms with E-state index in [9.17, 15) is 14.9 Å². The van der Waals surface area contributed by atoms with Gasteiger partial charge in [-0.3, -0.25) is 14.9 Å². The number of nitro benzene ring substituents is 1. The van der Waals surface area contributed by atoms with Crippen LogP contribution in [0.3, 0.4) is 0 Å². The molecule has 0 heterocycles. The fourth-order valence-electron chi connectivity index (χ4n) is 2.03. The summed E-state index contributed by atoms with van der Waals surface area (Å²) in [5.41, 5.74) is 2.29. The monoisotopic (exact) mass is 367 g/mol. The number of carbonyl (C=O) groups excluding carboxylic acids is 1. The van der Waals surface area contributed by atoms with Crippen molar-refractivity contribution in [3.63, 3.8) is 0 Å². The third-order valence-electron chi connectivity index (χ3n) is 3.46. The normalized spacial score (nSPS) is 10.3. The highest BCUT2D eigenvalue weighted by Gasteiger charge is 2.17. The predicted molar refractivity (Wildman–Crippen MR) is 96.2 cm³/mol. The number of nitro groups is 1. The Kier molecular flexibility index (Phi) is 5.64. The van der Waals surface area contributed by atoms with Crippen LogP contribution in [0.25, 0.3) is 0 Å². The number of carbonyl (C=O) groups is 1. The van der Waals surface area contributed by atoms with E-state index in [1.54, 1.807) is 31.2 Å². The lowest BCUT2D eigenvalue weighted by atomic mass is 10.1. The molecule has 2 rings (SSSR count). The lowest BCUT2D eigenvalue weighted by Crippen LogP contribution is -2.22. The summed E-state index contributed by atoms with van der Waals surface area (Å²) >= 11 is 11.7. The Morgan fingerprint density at radius 3 is 2.42 bits per heavy atom. The number of halogens is 2. The first-order chi connectivity index (χ1) is 11.3. The van der Waals surface area contributed by atoms with Crippen molar-refractivity contribution < 1.29 is 9.72 Å². The molecule has 2 N–H and O–H groups in total. The number of benzene rings is 2. The molecular formula is C16H15Cl2N3O3. The molecule has 2 aromatic carbocycles. The van der Waals surface area contributed by atoms with Gasteiger partial charge >= 0.3 is 0 Å². The van der Waals surface area contributed by atoms with Crippen molar-refractivity contribution in [1.82, 2.24) is 0 Å². The van der Waals surface area contributed by atoms with Gasteiger partial charge in [0.2, 0.25) is 5.91 Å². The van der Waals surface area contributed by atoms with Crippen LogP contribution in [0, 0.1) is 24.0 Å². The molecule has 0 aliphatic rings. The number of rotatable bonds is 5. The number of aryl methyl sites for hydroxylation is 2. The largest absolute Gasteiger partial charge is 0.376 e. The van der Waals surface area contributed by atoms with Gasteiger partial charge in [-0.2, -0.15) is 0 Å². The van der Waals surface area contributed by atoms with Gasteiger partial charge in [-0.05, 0) is 49.2 Å². The van der Waals surface area contributed by atoms with Crippen molar-refractivity contribution in [2.45, 2.75) is 13.8 Å². The molecule has 0 fully saturated rings. The molecule has 126 valence electrons. The number of nitrogens with zero attached hydrogens (tertiary/aromatic N) is 1. The van der Waals surface area contributed by atoms with E-state index in [1.807, 2.05) is 6.92 Å². The lowest BCUT2D eigenvalue weighted by molar-refractivity contribution is -0.384. The molecule has 2 aromatic rings. The van der Waals surface area contributed by atoms with Crippen molar-refractivity contribution in [2.75, 3.05) is 17.2 Å². The van der Waals surface area contributed by atoms with Gasteiger partial charge in [0.1, 0.15) is 5.69 Å². The van der Waals surface area contributed by atoms with Gasteiger partial charge in [0.25, 0.3) is 5.69 Å². The Morgan fingerprint density at radius 2 is 1.79 bits per heavy atom. The van der Waals surface area contributed by atoms with Gasteiger partial charge in [0.05, 0.1) is 21.5 Å². The van der Waals surface area contributed by atoms with Gasteiger partial charge in [0, 0.05) is 11.8 Å². The molecule has 0 aromatic heterocycles. The highest BCUT2D eigenvalue weighted by atomic mass is 35.5. The van der Waals surface area contributed by atoms with Crippen LogP contribution < -0.4 is 10.6 Å². The van der Waals surface area contributed by atoms with E-state index in [0.29, 0.717) is 15.7 Å². The van der Waals surface area contributed by atoms with Crippen molar-refractivity contribution in [2.24, 2.45) is 0 Å². The van der Waals surface area contributed by atoms with Crippen LogP contribution >= 0.6 is 23.2 Å². The minimum Gasteiger partial charge on any atom is -0.376 e. The van der Waals surface area contributed by atoms with Crippen LogP contribution in [0.1, 0.15) is 11.1 Å². The van der Waals surface area contributed by atoms with Gasteiger partial charge < -0.3 is 10.6 Å². The van der Waals surface area contributed by atoms with Gasteiger partial charge in [-0.25, -0.2) is 0 Å². The van der Waals surface area contributed by atoms with Gasteiger partial charge in [0.15, 0.2) is 0 Å². The maximum atomic E-state index is 12.1. The molecule has 0 atom stereocenters. The zero-order chi connectivity index (χ0) is 17.9. The fraction of sp³-hybridized carbons (Fsp3) is 0.188. The summed E-state index contributed by atoms with van der Waals surface area (Å²) < 4.78 is 0. The number of amides is 1. The minimum atomic E-state index is -0.519. The Morgan fingerprint density at radius 1 is 1.12 bits per heavy atom. The third-order valence-corrected chi connectivity index (χ3v) is 4.19. The molecular weight excluding hydrogens is 353 g/mol. The SMILES string of the molecule is Cc1cc(NC(=O)CNc2ccc(Cl)c(Cl)c2)c([N+](=O)[O-])cc1C. The molecule has 1 amide bonds. The summed E-state index contributed by atoms with van der Waals surface area (Å²) in [6.45, 7) is 3.53. The standard InChI is InChI=1S/C16H15Cl2N3O3/c1-9-5-14(15(21(23)24)6-10(9)2)20-16(22)8-19-11-3-4-12(17)13(18)7-11/h3-7,19H,8H2,1-2H3,(H,20,22). The Labute approximate surface area is 148 Å². The first-order valence-electron chi connectivity index (χ1n) is 7.02. The molecule has 0 aliphatic carbocycles. The van der Waals surface area contributed by atoms with E-state index < -0.39 is 10.8 Å². The van der Waals surface area contributed by atoms with E-state index >= 15 is 0 Å². The maximum Gasteiger partial charge on any atom is 0.293 e. The molecule has 0 saturated carbocycles. The zero-order valence-corrected chi connectivity index (χ0v) is 14.5. The molecule has 0 saturated heterocycles. The first kappa shape index (κ1) is 18.0. The Hall–Kier alpha value is -2.31. The summed E-state index contributed by atoms with van der Waals surface area (Å²) in [4.78, 5) is 22.7. The average Bonchev–Trinajstić information content (AvgIpc) is 2.51. The topological polar surface area (TPSA) is 84.3 Å². The molecule has 6 nitrogen and oxygen atoms in total. The molecule has 0 bridgehead atoms. The summed E-state index contributed by atoms with van der Waals surface area (Å²) in [7, 11) is 0. The van der Waals surface area contributed by atoms with Crippen molar-refractivity contribution in [3.05, 3.63) is 61.6 Å². The predicted octanol–water partition coefficient (Wildman–Crippen LogP) is 4.57. The molecule has 0 unspecified atom stereocenters. The second-order valence-corrected chi connectivity index (χ2v) is 6.06. The summed E-state index contributed by atoms with van der Waals surface area (Å²) in [5.74, 6) is -0.410. The molecule has 0 aliphatic heterocycles. The molecule has 0 spiro atoms. The minimum absolute atomic E-state index is 0.0674. The van der Waals surface area contributed by atoms with Crippen LogP contribution in [0.15, 0.2) is 30.3 Å². The van der Waals surface area contributed by atoms with Gasteiger partial charge in [-0.1, -0.05) is 23.2 Å². The number of hydrogen-bond donors (Lipinski definition) is 2. The highest BCUT2D eigenvalue weighted by molar-refractivity contribution is 6.42. The average molecular weight is 368 g/mol. The van der Waals surface area contributed by atoms with Crippen molar-refractivity contribution in [3.8, 4) is 0 Å². The van der Waals surface area contributed by atoms with Crippen LogP contribution in [-0.4, -0.2) is 17.4 Å². The van der Waals surface area contributed by atoms with E-state index in [-0.39, 0.29) is 17.9 Å². The summed E-state index contributed by atoms with van der Waals surface area (Å²) in [6, 6.07) is 7.91. The van der Waals surface area contributed by atoms with E-state index in [0.717, 1.165) is 11.1 Å². The third kappa shape index (κ3) is 4.37. The van der Waals surface area contributed by atoms with Crippen LogP contribution in [0.5, 0.6) is 0 Å². The second kappa shape index (κ2) is 7.51. The molecule has 24 heavy (non-hydrogen) atoms. The smallest absolute Gasteiger partial charge is 0.293 e. The van der Waals surface area contributed by atoms with Crippen molar-refractivity contribution >= 4 is 46.2 Å². The molecule has 0 radical (unpaired) electrons. The lowest BCUT2D eigenvalue weighted by Gasteiger charge is -2.10. The van der Waals surface area contributed by atoms with E-state index in [4.69, 9.17) is 23.2 Å². The van der Waals surface area contributed by atoms with Gasteiger partial charge in [-0.15, -0.1) is 0 Å². The van der Waals surface area contributed by atoms with Crippen molar-refractivity contribution in [1.29, 1.82) is 0 Å². The second-order valence-electron chi connectivity index (χ2n) is 5.24. The zero-order valence-electron chi connectivity index (χ0n) is 13.0. The number of hydrogen-bond acceptors (Lipinski definition) is 4. The molecule has 8 heteroatoms. The van der Waals surface area contributed by atoms with Crippen LogP contribution in [0.4, 0.5) is 17.1 Å². The van der Waals surface area contributed by atoms with Crippen LogP contribution in [-0.2, 0) is 4.79 Å². The summed E-state index contributed by atoms with van der Waals surface area (Å²) in [5, 5.41) is 17.3. The van der Waals surface area contributed by atoms with Crippen LogP contribution in [0.2, 0.25) is 10.0 Å². The Balaban J connectivity index is 2.08. The number of anilines is 2. The Bertz CT molecular complexity index is 809. The highest BCUT2D eigenvalue weighted by Crippen LogP contribution is 2.28. The number of nitrogens with one attached hydrogen (secondary N) is 2. The maximum absolute atomic E-state index is 12.1. The fourth-order valence-corrected chi connectivity index (χ4v) is 2.33.